The zero-order valence-corrected chi connectivity index (χ0v) is 10.5. The molecule has 1 unspecified atom stereocenters. The monoisotopic (exact) mass is 220 g/mol. The molecule has 0 amide bonds. The highest BCUT2D eigenvalue weighted by atomic mass is 14.8. The van der Waals surface area contributed by atoms with E-state index in [0.29, 0.717) is 0 Å². The van der Waals surface area contributed by atoms with Gasteiger partial charge in [0.25, 0.3) is 0 Å². The second kappa shape index (κ2) is 7.42. The fraction of sp³-hybridized carbons (Fsp3) is 0.571. The van der Waals surface area contributed by atoms with Gasteiger partial charge in [-0.05, 0) is 36.6 Å². The largest absolute Gasteiger partial charge is 0.330 e. The third-order valence-electron chi connectivity index (χ3n) is 2.97. The Morgan fingerprint density at radius 3 is 2.38 bits per heavy atom. The van der Waals surface area contributed by atoms with Crippen molar-refractivity contribution in [1.82, 2.24) is 5.32 Å². The molecule has 90 valence electrons. The van der Waals surface area contributed by atoms with Crippen LogP contribution in [0.5, 0.6) is 0 Å². The third-order valence-corrected chi connectivity index (χ3v) is 2.97. The second-order valence-corrected chi connectivity index (χ2v) is 4.50. The van der Waals surface area contributed by atoms with Gasteiger partial charge in [0.15, 0.2) is 0 Å². The first-order valence-corrected chi connectivity index (χ1v) is 6.24. The van der Waals surface area contributed by atoms with E-state index in [4.69, 9.17) is 5.73 Å². The van der Waals surface area contributed by atoms with E-state index in [1.165, 1.54) is 17.5 Å². The van der Waals surface area contributed by atoms with E-state index in [2.05, 4.69) is 43.4 Å². The lowest BCUT2D eigenvalue weighted by Crippen LogP contribution is -2.20. The molecule has 0 saturated carbocycles. The number of benzene rings is 1. The molecule has 2 heteroatoms. The minimum Gasteiger partial charge on any atom is -0.330 e. The van der Waals surface area contributed by atoms with Crippen molar-refractivity contribution in [3.05, 3.63) is 35.4 Å². The highest BCUT2D eigenvalue weighted by Gasteiger charge is 1.98. The Kier molecular flexibility index (Phi) is 6.12. The Balaban J connectivity index is 2.31. The molecule has 0 aromatic heterocycles. The van der Waals surface area contributed by atoms with Crippen LogP contribution in [0.25, 0.3) is 0 Å². The maximum absolute atomic E-state index is 5.52. The smallest absolute Gasteiger partial charge is 0.0205 e. The van der Waals surface area contributed by atoms with Gasteiger partial charge in [-0.3, -0.25) is 0 Å². The summed E-state index contributed by atoms with van der Waals surface area (Å²) in [6, 6.07) is 8.73. The van der Waals surface area contributed by atoms with Crippen LogP contribution < -0.4 is 11.1 Å². The van der Waals surface area contributed by atoms with E-state index in [1.807, 2.05) is 0 Å². The Labute approximate surface area is 99.2 Å². The Morgan fingerprint density at radius 1 is 1.19 bits per heavy atom. The Bertz CT molecular complexity index is 279. The molecule has 0 saturated heterocycles. The van der Waals surface area contributed by atoms with Crippen LogP contribution in [0.15, 0.2) is 24.3 Å². The van der Waals surface area contributed by atoms with Crippen LogP contribution in [0.4, 0.5) is 0 Å². The molecule has 0 aliphatic heterocycles. The molecule has 0 aliphatic rings. The Hall–Kier alpha value is -0.860. The number of nitrogens with two attached hydrogens (primary N) is 1. The van der Waals surface area contributed by atoms with Gasteiger partial charge in [-0.15, -0.1) is 0 Å². The number of nitrogens with one attached hydrogen (secondary N) is 1. The molecule has 1 rings (SSSR count). The molecule has 0 radical (unpaired) electrons. The van der Waals surface area contributed by atoms with Crippen molar-refractivity contribution in [1.29, 1.82) is 0 Å². The molecule has 0 aliphatic carbocycles. The van der Waals surface area contributed by atoms with Gasteiger partial charge in [-0.2, -0.15) is 0 Å². The minimum atomic E-state index is 0.728. The molecular formula is C14H24N2. The fourth-order valence-corrected chi connectivity index (χ4v) is 1.60. The van der Waals surface area contributed by atoms with Crippen molar-refractivity contribution in [2.24, 2.45) is 11.7 Å². The van der Waals surface area contributed by atoms with Gasteiger partial charge in [-0.25, -0.2) is 0 Å². The van der Waals surface area contributed by atoms with Crippen molar-refractivity contribution < 1.29 is 0 Å². The van der Waals surface area contributed by atoms with Gasteiger partial charge in [0.05, 0.1) is 0 Å². The molecule has 16 heavy (non-hydrogen) atoms. The molecule has 1 aromatic carbocycles. The average molecular weight is 220 g/mol. The number of hydrogen-bond donors (Lipinski definition) is 2. The lowest BCUT2D eigenvalue weighted by molar-refractivity contribution is 0.500. The predicted octanol–water partition coefficient (Wildman–Crippen LogP) is 2.32. The topological polar surface area (TPSA) is 38.0 Å². The summed E-state index contributed by atoms with van der Waals surface area (Å²) in [5, 5.41) is 3.48. The van der Waals surface area contributed by atoms with Gasteiger partial charge in [-0.1, -0.05) is 44.5 Å². The molecule has 0 fully saturated rings. The number of hydrogen-bond acceptors (Lipinski definition) is 2. The SMILES string of the molecule is CCC(C)CNCc1ccc(CCN)cc1. The summed E-state index contributed by atoms with van der Waals surface area (Å²) in [4.78, 5) is 0. The minimum absolute atomic E-state index is 0.728. The lowest BCUT2D eigenvalue weighted by Gasteiger charge is -2.10. The van der Waals surface area contributed by atoms with Crippen molar-refractivity contribution in [2.45, 2.75) is 33.2 Å². The summed E-state index contributed by atoms with van der Waals surface area (Å²) in [6.45, 7) is 7.30. The predicted molar refractivity (Wildman–Crippen MR) is 70.4 cm³/mol. The van der Waals surface area contributed by atoms with Crippen LogP contribution >= 0.6 is 0 Å². The summed E-state index contributed by atoms with van der Waals surface area (Å²) >= 11 is 0. The zero-order valence-electron chi connectivity index (χ0n) is 10.5. The molecule has 3 N–H and O–H groups in total. The van der Waals surface area contributed by atoms with Gasteiger partial charge in [0.2, 0.25) is 0 Å². The second-order valence-electron chi connectivity index (χ2n) is 4.50. The molecule has 1 aromatic rings. The van der Waals surface area contributed by atoms with E-state index in [1.54, 1.807) is 0 Å². The molecule has 1 atom stereocenters. The van der Waals surface area contributed by atoms with Gasteiger partial charge >= 0.3 is 0 Å². The van der Waals surface area contributed by atoms with Gasteiger partial charge < -0.3 is 11.1 Å². The average Bonchev–Trinajstić information content (AvgIpc) is 2.31. The molecule has 0 heterocycles. The fourth-order valence-electron chi connectivity index (χ4n) is 1.60. The van der Waals surface area contributed by atoms with E-state index >= 15 is 0 Å². The normalized spacial score (nSPS) is 12.7. The maximum Gasteiger partial charge on any atom is 0.0205 e. The summed E-state index contributed by atoms with van der Waals surface area (Å²) in [6.07, 6.45) is 2.21. The van der Waals surface area contributed by atoms with Crippen LogP contribution in [0.2, 0.25) is 0 Å². The van der Waals surface area contributed by atoms with Crippen LogP contribution in [-0.4, -0.2) is 13.1 Å². The summed E-state index contributed by atoms with van der Waals surface area (Å²) in [5.74, 6) is 0.761. The van der Waals surface area contributed by atoms with Crippen molar-refractivity contribution in [2.75, 3.05) is 13.1 Å². The van der Waals surface area contributed by atoms with Gasteiger partial charge in [0.1, 0.15) is 0 Å². The van der Waals surface area contributed by atoms with E-state index < -0.39 is 0 Å². The first-order valence-electron chi connectivity index (χ1n) is 6.24. The quantitative estimate of drug-likeness (QED) is 0.740. The van der Waals surface area contributed by atoms with Crippen LogP contribution in [0.3, 0.4) is 0 Å². The molecule has 0 bridgehead atoms. The summed E-state index contributed by atoms with van der Waals surface area (Å²) < 4.78 is 0. The van der Waals surface area contributed by atoms with E-state index in [9.17, 15) is 0 Å². The van der Waals surface area contributed by atoms with Crippen LogP contribution in [-0.2, 0) is 13.0 Å². The van der Waals surface area contributed by atoms with Crippen molar-refractivity contribution in [3.63, 3.8) is 0 Å². The van der Waals surface area contributed by atoms with Crippen LogP contribution in [0.1, 0.15) is 31.4 Å². The highest BCUT2D eigenvalue weighted by Crippen LogP contribution is 2.05. The summed E-state index contributed by atoms with van der Waals surface area (Å²) in [5.41, 5.74) is 8.19. The number of rotatable bonds is 7. The third kappa shape index (κ3) is 4.77. The van der Waals surface area contributed by atoms with E-state index in [-0.39, 0.29) is 0 Å². The van der Waals surface area contributed by atoms with Gasteiger partial charge in [0, 0.05) is 6.54 Å². The zero-order chi connectivity index (χ0) is 11.8. The standard InChI is InChI=1S/C14H24N2/c1-3-12(2)10-16-11-14-6-4-13(5-7-14)8-9-15/h4-7,12,16H,3,8-11,15H2,1-2H3. The van der Waals surface area contributed by atoms with E-state index in [0.717, 1.165) is 32.0 Å². The first-order chi connectivity index (χ1) is 7.76. The van der Waals surface area contributed by atoms with Crippen molar-refractivity contribution in [3.8, 4) is 0 Å². The molecular weight excluding hydrogens is 196 g/mol. The highest BCUT2D eigenvalue weighted by molar-refractivity contribution is 5.22. The molecule has 0 spiro atoms. The maximum atomic E-state index is 5.52. The first kappa shape index (κ1) is 13.2. The Morgan fingerprint density at radius 2 is 1.81 bits per heavy atom. The van der Waals surface area contributed by atoms with Crippen molar-refractivity contribution >= 4 is 0 Å². The molecule has 2 nitrogen and oxygen atoms in total. The van der Waals surface area contributed by atoms with Crippen LogP contribution in [0, 0.1) is 5.92 Å². The summed E-state index contributed by atoms with van der Waals surface area (Å²) in [7, 11) is 0. The lowest BCUT2D eigenvalue weighted by atomic mass is 10.1.